The Balaban J connectivity index is 0.00000196. The molecule has 3 N–H and O–H groups in total. The number of nitrogens with zero attached hydrogens (tertiary/aromatic N) is 1. The number of piperidine rings is 2. The average molecular weight is 381 g/mol. The highest BCUT2D eigenvalue weighted by molar-refractivity contribution is 5.85. The number of rotatable bonds is 4. The molecule has 144 valence electrons. The van der Waals surface area contributed by atoms with Crippen molar-refractivity contribution in [2.45, 2.75) is 31.3 Å². The Bertz CT molecular complexity index is 580. The smallest absolute Gasteiger partial charge is 0.241 e. The van der Waals surface area contributed by atoms with E-state index in [4.69, 9.17) is 4.74 Å². The summed E-state index contributed by atoms with van der Waals surface area (Å²) in [5.74, 6) is 2.08. The van der Waals surface area contributed by atoms with Gasteiger partial charge < -0.3 is 15.0 Å². The number of para-hydroxylation sites is 1. The molecule has 4 rings (SSSR count). The molecule has 0 saturated carbocycles. The lowest BCUT2D eigenvalue weighted by atomic mass is 9.88. The van der Waals surface area contributed by atoms with Gasteiger partial charge in [-0.2, -0.15) is 0 Å². The summed E-state index contributed by atoms with van der Waals surface area (Å²) in [6.45, 7) is 4.37. The number of likely N-dealkylation sites (tertiary alicyclic amines) is 1. The van der Waals surface area contributed by atoms with Crippen molar-refractivity contribution in [2.75, 3.05) is 32.8 Å². The van der Waals surface area contributed by atoms with E-state index in [9.17, 15) is 4.79 Å². The van der Waals surface area contributed by atoms with Crippen molar-refractivity contribution in [2.24, 2.45) is 11.8 Å². The van der Waals surface area contributed by atoms with Gasteiger partial charge in [0.05, 0.1) is 6.61 Å². The molecule has 0 spiro atoms. The van der Waals surface area contributed by atoms with Gasteiger partial charge in [-0.3, -0.25) is 10.2 Å². The number of benzene rings is 1. The number of amides is 1. The Hall–Kier alpha value is -1.34. The SMILES string of the molecule is Cl.O=C(C1NNC2CCNCC21)N1CCC(COc2ccccc2)CC1. The number of ether oxygens (including phenoxy) is 1. The van der Waals surface area contributed by atoms with E-state index in [1.807, 2.05) is 35.2 Å². The van der Waals surface area contributed by atoms with Gasteiger partial charge >= 0.3 is 0 Å². The van der Waals surface area contributed by atoms with E-state index in [1.54, 1.807) is 0 Å². The highest BCUT2D eigenvalue weighted by Crippen LogP contribution is 2.24. The Labute approximate surface area is 161 Å². The van der Waals surface area contributed by atoms with Crippen LogP contribution in [0.25, 0.3) is 0 Å². The van der Waals surface area contributed by atoms with Gasteiger partial charge in [0.1, 0.15) is 11.8 Å². The first-order valence-electron chi connectivity index (χ1n) is 9.49. The van der Waals surface area contributed by atoms with Gasteiger partial charge in [0.2, 0.25) is 5.91 Å². The molecule has 3 fully saturated rings. The van der Waals surface area contributed by atoms with Crippen LogP contribution in [0, 0.1) is 11.8 Å². The standard InChI is InChI=1S/C19H28N4O2.ClH/c24-19(18-16-12-20-9-6-17(16)21-22-18)23-10-7-14(8-11-23)13-25-15-4-2-1-3-5-15;/h1-5,14,16-18,20-22H,6-13H2;1H. The second kappa shape index (κ2) is 9.04. The van der Waals surface area contributed by atoms with Crippen LogP contribution in [-0.2, 0) is 4.79 Å². The maximum atomic E-state index is 12.9. The Morgan fingerprint density at radius 1 is 1.12 bits per heavy atom. The third-order valence-electron chi connectivity index (χ3n) is 5.80. The number of fused-ring (bicyclic) bond motifs is 1. The number of hydrogen-bond donors (Lipinski definition) is 3. The molecule has 7 heteroatoms. The number of hydrogen-bond acceptors (Lipinski definition) is 5. The molecule has 0 bridgehead atoms. The minimum Gasteiger partial charge on any atom is -0.493 e. The maximum Gasteiger partial charge on any atom is 0.241 e. The molecule has 1 aromatic carbocycles. The van der Waals surface area contributed by atoms with Gasteiger partial charge in [0.15, 0.2) is 0 Å². The fourth-order valence-electron chi connectivity index (χ4n) is 4.21. The fraction of sp³-hybridized carbons (Fsp3) is 0.632. The quantitative estimate of drug-likeness (QED) is 0.732. The topological polar surface area (TPSA) is 65.6 Å². The molecule has 3 unspecified atom stereocenters. The number of halogens is 1. The van der Waals surface area contributed by atoms with Gasteiger partial charge in [-0.05, 0) is 43.9 Å². The molecular weight excluding hydrogens is 352 g/mol. The number of hydrazine groups is 1. The highest BCUT2D eigenvalue weighted by Gasteiger charge is 2.43. The van der Waals surface area contributed by atoms with Crippen molar-refractivity contribution in [3.63, 3.8) is 0 Å². The van der Waals surface area contributed by atoms with E-state index in [0.29, 0.717) is 17.9 Å². The molecule has 0 radical (unpaired) electrons. The molecule has 3 heterocycles. The summed E-state index contributed by atoms with van der Waals surface area (Å²) in [5, 5.41) is 3.42. The molecule has 6 nitrogen and oxygen atoms in total. The largest absolute Gasteiger partial charge is 0.493 e. The predicted molar refractivity (Wildman–Crippen MR) is 103 cm³/mol. The van der Waals surface area contributed by atoms with Crippen LogP contribution in [-0.4, -0.2) is 55.7 Å². The molecule has 3 aliphatic heterocycles. The van der Waals surface area contributed by atoms with Crippen LogP contribution in [0.1, 0.15) is 19.3 Å². The molecule has 0 aliphatic carbocycles. The minimum absolute atomic E-state index is 0. The zero-order valence-electron chi connectivity index (χ0n) is 15.0. The number of carbonyl (C=O) groups excluding carboxylic acids is 1. The van der Waals surface area contributed by atoms with Crippen molar-refractivity contribution in [3.05, 3.63) is 30.3 Å². The van der Waals surface area contributed by atoms with Gasteiger partial charge in [-0.25, -0.2) is 5.43 Å². The molecular formula is C19H29ClN4O2. The summed E-state index contributed by atoms with van der Waals surface area (Å²) in [6.07, 6.45) is 3.12. The second-order valence-electron chi connectivity index (χ2n) is 7.42. The molecule has 3 atom stereocenters. The van der Waals surface area contributed by atoms with E-state index < -0.39 is 0 Å². The lowest BCUT2D eigenvalue weighted by Gasteiger charge is -2.35. The van der Waals surface area contributed by atoms with Crippen LogP contribution < -0.4 is 20.9 Å². The lowest BCUT2D eigenvalue weighted by molar-refractivity contribution is -0.135. The molecule has 3 aliphatic rings. The van der Waals surface area contributed by atoms with E-state index in [0.717, 1.165) is 57.8 Å². The van der Waals surface area contributed by atoms with Crippen LogP contribution in [0.2, 0.25) is 0 Å². The summed E-state index contributed by atoms with van der Waals surface area (Å²) in [7, 11) is 0. The number of nitrogens with one attached hydrogen (secondary N) is 3. The molecule has 26 heavy (non-hydrogen) atoms. The van der Waals surface area contributed by atoms with Crippen LogP contribution in [0.15, 0.2) is 30.3 Å². The third kappa shape index (κ3) is 4.31. The Kier molecular flexibility index (Phi) is 6.75. The summed E-state index contributed by atoms with van der Waals surface area (Å²) >= 11 is 0. The first-order valence-corrected chi connectivity index (χ1v) is 9.49. The average Bonchev–Trinajstić information content (AvgIpc) is 3.11. The summed E-state index contributed by atoms with van der Waals surface area (Å²) in [6, 6.07) is 10.3. The zero-order chi connectivity index (χ0) is 17.1. The first kappa shape index (κ1) is 19.4. The lowest BCUT2D eigenvalue weighted by Crippen LogP contribution is -2.52. The minimum atomic E-state index is -0.0880. The number of carbonyl (C=O) groups is 1. The van der Waals surface area contributed by atoms with Crippen molar-refractivity contribution in [1.82, 2.24) is 21.1 Å². The van der Waals surface area contributed by atoms with Crippen LogP contribution in [0.4, 0.5) is 0 Å². The van der Waals surface area contributed by atoms with Gasteiger partial charge in [0, 0.05) is 31.6 Å². The van der Waals surface area contributed by atoms with Gasteiger partial charge in [-0.15, -0.1) is 12.4 Å². The van der Waals surface area contributed by atoms with E-state index in [2.05, 4.69) is 16.2 Å². The van der Waals surface area contributed by atoms with Gasteiger partial charge in [0.25, 0.3) is 0 Å². The summed E-state index contributed by atoms with van der Waals surface area (Å²) in [4.78, 5) is 14.9. The Morgan fingerprint density at radius 3 is 2.65 bits per heavy atom. The first-order chi connectivity index (χ1) is 12.3. The van der Waals surface area contributed by atoms with Crippen molar-refractivity contribution >= 4 is 18.3 Å². The highest BCUT2D eigenvalue weighted by atomic mass is 35.5. The van der Waals surface area contributed by atoms with E-state index in [-0.39, 0.29) is 24.4 Å². The van der Waals surface area contributed by atoms with Crippen molar-refractivity contribution in [3.8, 4) is 5.75 Å². The normalized spacial score (nSPS) is 28.9. The van der Waals surface area contributed by atoms with E-state index in [1.165, 1.54) is 0 Å². The van der Waals surface area contributed by atoms with Crippen LogP contribution in [0.5, 0.6) is 5.75 Å². The fourth-order valence-corrected chi connectivity index (χ4v) is 4.21. The zero-order valence-corrected chi connectivity index (χ0v) is 15.8. The third-order valence-corrected chi connectivity index (χ3v) is 5.80. The Morgan fingerprint density at radius 2 is 1.88 bits per heavy atom. The van der Waals surface area contributed by atoms with Crippen LogP contribution >= 0.6 is 12.4 Å². The maximum absolute atomic E-state index is 12.9. The van der Waals surface area contributed by atoms with Crippen molar-refractivity contribution < 1.29 is 9.53 Å². The van der Waals surface area contributed by atoms with Crippen LogP contribution in [0.3, 0.4) is 0 Å². The summed E-state index contributed by atoms with van der Waals surface area (Å²) in [5.41, 5.74) is 6.57. The van der Waals surface area contributed by atoms with E-state index >= 15 is 0 Å². The summed E-state index contributed by atoms with van der Waals surface area (Å²) < 4.78 is 5.88. The molecule has 0 aromatic heterocycles. The second-order valence-corrected chi connectivity index (χ2v) is 7.42. The monoisotopic (exact) mass is 380 g/mol. The predicted octanol–water partition coefficient (Wildman–Crippen LogP) is 1.18. The van der Waals surface area contributed by atoms with Gasteiger partial charge in [-0.1, -0.05) is 18.2 Å². The molecule has 1 amide bonds. The molecule has 3 saturated heterocycles. The molecule has 1 aromatic rings. The van der Waals surface area contributed by atoms with Crippen molar-refractivity contribution in [1.29, 1.82) is 0 Å².